The van der Waals surface area contributed by atoms with Crippen molar-refractivity contribution in [2.45, 2.75) is 39.2 Å². The van der Waals surface area contributed by atoms with E-state index in [2.05, 4.69) is 53.3 Å². The molecule has 0 amide bonds. The van der Waals surface area contributed by atoms with E-state index in [1.54, 1.807) is 29.2 Å². The number of hydrogen-bond donors (Lipinski definition) is 2. The Morgan fingerprint density at radius 3 is 2.70 bits per heavy atom. The van der Waals surface area contributed by atoms with E-state index in [1.807, 2.05) is 10.8 Å². The maximum absolute atomic E-state index is 14.1. The summed E-state index contributed by atoms with van der Waals surface area (Å²) < 4.78 is 31.7. The number of aryl methyl sites for hydroxylation is 2. The highest BCUT2D eigenvalue weighted by atomic mass is 19.3. The zero-order chi connectivity index (χ0) is 23.3. The summed E-state index contributed by atoms with van der Waals surface area (Å²) in [6.07, 6.45) is 4.84. The van der Waals surface area contributed by atoms with Gasteiger partial charge in [-0.15, -0.1) is 5.10 Å². The third-order valence-corrected chi connectivity index (χ3v) is 6.26. The molecule has 1 aliphatic rings. The van der Waals surface area contributed by atoms with Crippen LogP contribution in [0.5, 0.6) is 0 Å². The first-order valence-electron chi connectivity index (χ1n) is 10.7. The van der Waals surface area contributed by atoms with E-state index in [-0.39, 0.29) is 12.6 Å². The van der Waals surface area contributed by atoms with Crippen LogP contribution in [0.15, 0.2) is 43.0 Å². The first kappa shape index (κ1) is 21.3. The Kier molecular flexibility index (Phi) is 5.04. The lowest BCUT2D eigenvalue weighted by molar-refractivity contribution is 0.0201. The Morgan fingerprint density at radius 2 is 1.97 bits per heavy atom. The highest BCUT2D eigenvalue weighted by Crippen LogP contribution is 2.36. The van der Waals surface area contributed by atoms with E-state index in [4.69, 9.17) is 0 Å². The second-order valence-corrected chi connectivity index (χ2v) is 8.62. The van der Waals surface area contributed by atoms with Crippen LogP contribution in [0.1, 0.15) is 23.1 Å². The molecule has 4 heterocycles. The van der Waals surface area contributed by atoms with Crippen molar-refractivity contribution in [3.05, 3.63) is 59.7 Å². The molecule has 4 aromatic rings. The second kappa shape index (κ2) is 7.80. The van der Waals surface area contributed by atoms with Gasteiger partial charge in [-0.1, -0.05) is 0 Å². The predicted octanol–water partition coefficient (Wildman–Crippen LogP) is 3.79. The van der Waals surface area contributed by atoms with Gasteiger partial charge in [0.1, 0.15) is 11.8 Å². The number of halogens is 2. The van der Waals surface area contributed by atoms with Crippen LogP contribution in [0.3, 0.4) is 0 Å². The Balaban J connectivity index is 1.47. The molecule has 172 valence electrons. The summed E-state index contributed by atoms with van der Waals surface area (Å²) in [5.74, 6) is -1.80. The van der Waals surface area contributed by atoms with E-state index < -0.39 is 24.9 Å². The summed E-state index contributed by atoms with van der Waals surface area (Å²) in [5.41, 5.74) is 5.23. The molecular formula is C23H25F2N7O. The van der Waals surface area contributed by atoms with Gasteiger partial charge >= 0.3 is 0 Å². The van der Waals surface area contributed by atoms with Crippen LogP contribution in [-0.4, -0.2) is 54.4 Å². The molecule has 8 nitrogen and oxygen atoms in total. The van der Waals surface area contributed by atoms with Gasteiger partial charge in [0.15, 0.2) is 11.6 Å². The minimum atomic E-state index is -2.89. The van der Waals surface area contributed by atoms with Crippen molar-refractivity contribution in [2.24, 2.45) is 0 Å². The number of aromatic nitrogens is 5. The summed E-state index contributed by atoms with van der Waals surface area (Å²) in [6, 6.07) is 7.01. The SMILES string of the molecule is Cc1cc(-n2cnc(Nc3nc(N4CC(F)(F)C[C@H]4CO)c4cccn4n3)c2)cc(C)c1C. The molecule has 1 aromatic carbocycles. The Bertz CT molecular complexity index is 1310. The zero-order valence-corrected chi connectivity index (χ0v) is 18.6. The predicted molar refractivity (Wildman–Crippen MR) is 122 cm³/mol. The van der Waals surface area contributed by atoms with E-state index in [9.17, 15) is 13.9 Å². The van der Waals surface area contributed by atoms with Crippen LogP contribution in [0, 0.1) is 20.8 Å². The molecule has 1 saturated heterocycles. The van der Waals surface area contributed by atoms with Gasteiger partial charge in [0.2, 0.25) is 5.95 Å². The molecule has 5 rings (SSSR count). The Morgan fingerprint density at radius 1 is 1.21 bits per heavy atom. The maximum Gasteiger partial charge on any atom is 0.267 e. The largest absolute Gasteiger partial charge is 0.394 e. The summed E-state index contributed by atoms with van der Waals surface area (Å²) in [4.78, 5) is 10.4. The molecule has 1 fully saturated rings. The zero-order valence-electron chi connectivity index (χ0n) is 18.6. The molecule has 1 atom stereocenters. The van der Waals surface area contributed by atoms with E-state index in [0.717, 1.165) is 5.69 Å². The number of rotatable bonds is 5. The van der Waals surface area contributed by atoms with Gasteiger partial charge in [-0.2, -0.15) is 4.98 Å². The molecule has 0 unspecified atom stereocenters. The van der Waals surface area contributed by atoms with Crippen molar-refractivity contribution in [3.8, 4) is 5.69 Å². The van der Waals surface area contributed by atoms with Gasteiger partial charge in [-0.3, -0.25) is 0 Å². The van der Waals surface area contributed by atoms with Crippen molar-refractivity contribution >= 4 is 23.1 Å². The standard InChI is InChI=1S/C23H25F2N7O/c1-14-7-17(8-15(2)16(14)3)30-10-20(26-13-30)27-22-28-21(19-5-4-6-32(19)29-22)31-12-23(24,25)9-18(31)11-33/h4-8,10,13,18,33H,9,11-12H2,1-3H3,(H,27,29)/t18-/m0/s1. The average molecular weight is 453 g/mol. The number of aliphatic hydroxyl groups excluding tert-OH is 1. The van der Waals surface area contributed by atoms with E-state index >= 15 is 0 Å². The molecule has 2 N–H and O–H groups in total. The van der Waals surface area contributed by atoms with Crippen LogP contribution in [0.25, 0.3) is 11.2 Å². The van der Waals surface area contributed by atoms with Gasteiger partial charge in [-0.05, 0) is 61.7 Å². The number of hydrogen-bond acceptors (Lipinski definition) is 6. The third-order valence-electron chi connectivity index (χ3n) is 6.26. The summed E-state index contributed by atoms with van der Waals surface area (Å²) in [5, 5.41) is 17.2. The lowest BCUT2D eigenvalue weighted by Gasteiger charge is -2.24. The highest BCUT2D eigenvalue weighted by molar-refractivity contribution is 5.71. The molecule has 33 heavy (non-hydrogen) atoms. The van der Waals surface area contributed by atoms with Crippen molar-refractivity contribution in [1.29, 1.82) is 0 Å². The molecule has 0 saturated carbocycles. The second-order valence-electron chi connectivity index (χ2n) is 8.62. The van der Waals surface area contributed by atoms with Crippen molar-refractivity contribution in [3.63, 3.8) is 0 Å². The normalized spacial score (nSPS) is 17.8. The molecule has 0 aliphatic carbocycles. The van der Waals surface area contributed by atoms with E-state index in [1.165, 1.54) is 21.6 Å². The third kappa shape index (κ3) is 3.91. The number of imidazole rings is 1. The number of nitrogens with zero attached hydrogens (tertiary/aromatic N) is 6. The minimum absolute atomic E-state index is 0.224. The fourth-order valence-corrected chi connectivity index (χ4v) is 4.30. The molecule has 1 aliphatic heterocycles. The topological polar surface area (TPSA) is 83.5 Å². The number of benzene rings is 1. The molecule has 0 radical (unpaired) electrons. The van der Waals surface area contributed by atoms with Gasteiger partial charge in [-0.25, -0.2) is 18.3 Å². The lowest BCUT2D eigenvalue weighted by Crippen LogP contribution is -2.34. The summed E-state index contributed by atoms with van der Waals surface area (Å²) >= 11 is 0. The fraction of sp³-hybridized carbons (Fsp3) is 0.348. The fourth-order valence-electron chi connectivity index (χ4n) is 4.30. The molecule has 0 bridgehead atoms. The van der Waals surface area contributed by atoms with Crippen molar-refractivity contribution < 1.29 is 13.9 Å². The van der Waals surface area contributed by atoms with Crippen LogP contribution >= 0.6 is 0 Å². The van der Waals surface area contributed by atoms with Gasteiger partial charge in [0, 0.05) is 18.3 Å². The van der Waals surface area contributed by atoms with Crippen LogP contribution in [0.2, 0.25) is 0 Å². The Hall–Kier alpha value is -3.53. The average Bonchev–Trinajstić information content (AvgIpc) is 3.49. The smallest absolute Gasteiger partial charge is 0.267 e. The Labute approximate surface area is 189 Å². The number of nitrogens with one attached hydrogen (secondary N) is 1. The van der Waals surface area contributed by atoms with Crippen LogP contribution < -0.4 is 10.2 Å². The number of anilines is 3. The van der Waals surface area contributed by atoms with Crippen molar-refractivity contribution in [1.82, 2.24) is 24.1 Å². The summed E-state index contributed by atoms with van der Waals surface area (Å²) in [7, 11) is 0. The maximum atomic E-state index is 14.1. The van der Waals surface area contributed by atoms with Crippen LogP contribution in [0.4, 0.5) is 26.4 Å². The monoisotopic (exact) mass is 453 g/mol. The number of aliphatic hydroxyl groups is 1. The first-order valence-corrected chi connectivity index (χ1v) is 10.7. The minimum Gasteiger partial charge on any atom is -0.394 e. The summed E-state index contributed by atoms with van der Waals surface area (Å²) in [6.45, 7) is 5.36. The molecule has 0 spiro atoms. The van der Waals surface area contributed by atoms with Gasteiger partial charge in [0.25, 0.3) is 5.92 Å². The first-order chi connectivity index (χ1) is 15.7. The van der Waals surface area contributed by atoms with Gasteiger partial charge < -0.3 is 19.9 Å². The van der Waals surface area contributed by atoms with Crippen LogP contribution in [-0.2, 0) is 0 Å². The van der Waals surface area contributed by atoms with Gasteiger partial charge in [0.05, 0.1) is 25.4 Å². The molecule has 3 aromatic heterocycles. The molecular weight excluding hydrogens is 428 g/mol. The highest BCUT2D eigenvalue weighted by Gasteiger charge is 2.45. The number of fused-ring (bicyclic) bond motifs is 1. The van der Waals surface area contributed by atoms with E-state index in [0.29, 0.717) is 17.2 Å². The quantitative estimate of drug-likeness (QED) is 0.478. The van der Waals surface area contributed by atoms with Crippen molar-refractivity contribution in [2.75, 3.05) is 23.4 Å². The molecule has 10 heteroatoms. The number of alkyl halides is 2. The lowest BCUT2D eigenvalue weighted by atomic mass is 10.0.